The third kappa shape index (κ3) is 3.55. The Morgan fingerprint density at radius 1 is 1.05 bits per heavy atom. The van der Waals surface area contributed by atoms with Crippen LogP contribution in [0.3, 0.4) is 0 Å². The maximum Gasteiger partial charge on any atom is 0.573 e. The van der Waals surface area contributed by atoms with Gasteiger partial charge in [0.15, 0.2) is 0 Å². The largest absolute Gasteiger partial charge is 0.573 e. The smallest absolute Gasteiger partial charge is 0.406 e. The maximum atomic E-state index is 12.2. The Kier molecular flexibility index (Phi) is 3.71. The van der Waals surface area contributed by atoms with Crippen molar-refractivity contribution in [1.82, 2.24) is 0 Å². The van der Waals surface area contributed by atoms with Crippen molar-refractivity contribution < 1.29 is 17.9 Å². The molecule has 0 saturated heterocycles. The zero-order valence-corrected chi connectivity index (χ0v) is 10.7. The van der Waals surface area contributed by atoms with Crippen LogP contribution >= 0.6 is 0 Å². The number of aryl methyl sites for hydroxylation is 1. The zero-order chi connectivity index (χ0) is 14.8. The Labute approximate surface area is 115 Å². The fourth-order valence-electron chi connectivity index (χ4n) is 1.91. The number of halogens is 3. The second kappa shape index (κ2) is 5.30. The van der Waals surface area contributed by atoms with E-state index in [1.165, 1.54) is 18.2 Å². The minimum absolute atomic E-state index is 0.251. The van der Waals surface area contributed by atoms with Gasteiger partial charge in [-0.05, 0) is 47.9 Å². The topological polar surface area (TPSA) is 9.23 Å². The first-order valence-corrected chi connectivity index (χ1v) is 5.82. The molecule has 0 unspecified atom stereocenters. The van der Waals surface area contributed by atoms with Crippen LogP contribution in [-0.2, 0) is 0 Å². The summed E-state index contributed by atoms with van der Waals surface area (Å²) in [4.78, 5) is 0. The van der Waals surface area contributed by atoms with Gasteiger partial charge in [0.2, 0.25) is 0 Å². The Morgan fingerprint density at radius 3 is 2.45 bits per heavy atom. The van der Waals surface area contributed by atoms with Crippen LogP contribution in [0.15, 0.2) is 42.5 Å². The summed E-state index contributed by atoms with van der Waals surface area (Å²) in [5.41, 5.74) is 3.00. The summed E-state index contributed by atoms with van der Waals surface area (Å²) in [6.07, 6.45) is 0.656. The Hall–Kier alpha value is -2.41. The van der Waals surface area contributed by atoms with Gasteiger partial charge >= 0.3 is 6.36 Å². The summed E-state index contributed by atoms with van der Waals surface area (Å²) in [6.45, 7) is 1.88. The number of terminal acetylenes is 1. The van der Waals surface area contributed by atoms with E-state index in [1.54, 1.807) is 12.1 Å². The number of ether oxygens (including phenoxy) is 1. The standard InChI is InChI=1S/C16H11F3O/c1-3-12-7-11(2)8-14(9-12)13-5-4-6-15(10-13)20-16(17,18)19/h1,4-10H,2H3. The molecule has 0 N–H and O–H groups in total. The zero-order valence-electron chi connectivity index (χ0n) is 10.7. The third-order valence-corrected chi connectivity index (χ3v) is 2.64. The molecule has 0 aliphatic rings. The molecule has 0 bridgehead atoms. The van der Waals surface area contributed by atoms with Crippen molar-refractivity contribution in [2.24, 2.45) is 0 Å². The van der Waals surface area contributed by atoms with Gasteiger partial charge in [-0.3, -0.25) is 0 Å². The lowest BCUT2D eigenvalue weighted by molar-refractivity contribution is -0.274. The number of hydrogen-bond acceptors (Lipinski definition) is 1. The number of hydrogen-bond donors (Lipinski definition) is 0. The minimum Gasteiger partial charge on any atom is -0.406 e. The average Bonchev–Trinajstić information content (AvgIpc) is 2.36. The monoisotopic (exact) mass is 276 g/mol. The Morgan fingerprint density at radius 2 is 1.80 bits per heavy atom. The SMILES string of the molecule is C#Cc1cc(C)cc(-c2cccc(OC(F)(F)F)c2)c1. The molecule has 0 radical (unpaired) electrons. The molecule has 102 valence electrons. The maximum absolute atomic E-state index is 12.2. The molecule has 1 nitrogen and oxygen atoms in total. The number of alkyl halides is 3. The molecule has 2 aromatic carbocycles. The van der Waals surface area contributed by atoms with Crippen LogP contribution in [0, 0.1) is 19.3 Å². The van der Waals surface area contributed by atoms with Gasteiger partial charge in [-0.1, -0.05) is 24.1 Å². The summed E-state index contributed by atoms with van der Waals surface area (Å²) < 4.78 is 40.5. The van der Waals surface area contributed by atoms with Crippen molar-refractivity contribution in [3.8, 4) is 29.2 Å². The lowest BCUT2D eigenvalue weighted by atomic mass is 10.0. The van der Waals surface area contributed by atoms with E-state index in [0.717, 1.165) is 11.1 Å². The summed E-state index contributed by atoms with van der Waals surface area (Å²) in [7, 11) is 0. The highest BCUT2D eigenvalue weighted by molar-refractivity contribution is 5.67. The molecule has 20 heavy (non-hydrogen) atoms. The minimum atomic E-state index is -4.70. The first kappa shape index (κ1) is 14.0. The molecule has 0 amide bonds. The predicted molar refractivity (Wildman–Crippen MR) is 71.2 cm³/mol. The van der Waals surface area contributed by atoms with Gasteiger partial charge < -0.3 is 4.74 Å². The highest BCUT2D eigenvalue weighted by atomic mass is 19.4. The highest BCUT2D eigenvalue weighted by Crippen LogP contribution is 2.28. The van der Waals surface area contributed by atoms with Crippen molar-refractivity contribution in [2.45, 2.75) is 13.3 Å². The molecule has 0 fully saturated rings. The van der Waals surface area contributed by atoms with Gasteiger partial charge in [-0.2, -0.15) is 0 Å². The summed E-state index contributed by atoms with van der Waals surface area (Å²) in [6, 6.07) is 11.2. The van der Waals surface area contributed by atoms with Crippen molar-refractivity contribution in [2.75, 3.05) is 0 Å². The molecule has 0 heterocycles. The van der Waals surface area contributed by atoms with Crippen LogP contribution in [0.4, 0.5) is 13.2 Å². The number of benzene rings is 2. The van der Waals surface area contributed by atoms with Crippen LogP contribution < -0.4 is 4.74 Å². The van der Waals surface area contributed by atoms with Crippen molar-refractivity contribution in [3.63, 3.8) is 0 Å². The summed E-state index contributed by atoms with van der Waals surface area (Å²) in [5, 5.41) is 0. The van der Waals surface area contributed by atoms with E-state index in [1.807, 2.05) is 19.1 Å². The molecule has 0 atom stereocenters. The van der Waals surface area contributed by atoms with E-state index in [-0.39, 0.29) is 5.75 Å². The van der Waals surface area contributed by atoms with Crippen LogP contribution in [0.1, 0.15) is 11.1 Å². The summed E-state index contributed by atoms with van der Waals surface area (Å²) in [5.74, 6) is 2.27. The molecule has 2 aromatic rings. The predicted octanol–water partition coefficient (Wildman–Crippen LogP) is 4.54. The molecule has 0 aliphatic carbocycles. The lowest BCUT2D eigenvalue weighted by Crippen LogP contribution is -2.17. The molecule has 4 heteroatoms. The fourth-order valence-corrected chi connectivity index (χ4v) is 1.91. The summed E-state index contributed by atoms with van der Waals surface area (Å²) >= 11 is 0. The lowest BCUT2D eigenvalue weighted by Gasteiger charge is -2.10. The molecular formula is C16H11F3O. The molecule has 0 spiro atoms. The molecule has 2 rings (SSSR count). The molecule has 0 saturated carbocycles. The van der Waals surface area contributed by atoms with E-state index in [2.05, 4.69) is 10.7 Å². The highest BCUT2D eigenvalue weighted by Gasteiger charge is 2.31. The second-order valence-corrected chi connectivity index (χ2v) is 4.31. The first-order valence-electron chi connectivity index (χ1n) is 5.82. The van der Waals surface area contributed by atoms with Crippen LogP contribution in [-0.4, -0.2) is 6.36 Å². The first-order chi connectivity index (χ1) is 9.37. The van der Waals surface area contributed by atoms with E-state index >= 15 is 0 Å². The Bertz CT molecular complexity index is 666. The second-order valence-electron chi connectivity index (χ2n) is 4.31. The van der Waals surface area contributed by atoms with Gasteiger partial charge in [0.05, 0.1) is 0 Å². The van der Waals surface area contributed by atoms with Crippen molar-refractivity contribution in [1.29, 1.82) is 0 Å². The van der Waals surface area contributed by atoms with Gasteiger partial charge in [0.25, 0.3) is 0 Å². The fraction of sp³-hybridized carbons (Fsp3) is 0.125. The number of rotatable bonds is 2. The molecule has 0 aliphatic heterocycles. The third-order valence-electron chi connectivity index (χ3n) is 2.64. The molecule has 0 aromatic heterocycles. The van der Waals surface area contributed by atoms with Crippen LogP contribution in [0.25, 0.3) is 11.1 Å². The van der Waals surface area contributed by atoms with E-state index in [0.29, 0.717) is 11.1 Å². The van der Waals surface area contributed by atoms with Crippen molar-refractivity contribution >= 4 is 0 Å². The van der Waals surface area contributed by atoms with Gasteiger partial charge in [-0.25, -0.2) is 0 Å². The molecular weight excluding hydrogens is 265 g/mol. The van der Waals surface area contributed by atoms with E-state index < -0.39 is 6.36 Å². The van der Waals surface area contributed by atoms with Gasteiger partial charge in [0, 0.05) is 5.56 Å². The Balaban J connectivity index is 2.41. The van der Waals surface area contributed by atoms with Gasteiger partial charge in [-0.15, -0.1) is 19.6 Å². The normalized spacial score (nSPS) is 10.9. The van der Waals surface area contributed by atoms with Crippen LogP contribution in [0.2, 0.25) is 0 Å². The van der Waals surface area contributed by atoms with E-state index in [4.69, 9.17) is 6.42 Å². The van der Waals surface area contributed by atoms with Crippen LogP contribution in [0.5, 0.6) is 5.75 Å². The van der Waals surface area contributed by atoms with Crippen molar-refractivity contribution in [3.05, 3.63) is 53.6 Å². The average molecular weight is 276 g/mol. The van der Waals surface area contributed by atoms with Gasteiger partial charge in [0.1, 0.15) is 5.75 Å². The van der Waals surface area contributed by atoms with E-state index in [9.17, 15) is 13.2 Å². The quantitative estimate of drug-likeness (QED) is 0.732.